The Kier molecular flexibility index (Phi) is 8.37. The van der Waals surface area contributed by atoms with E-state index in [9.17, 15) is 19.3 Å². The summed E-state index contributed by atoms with van der Waals surface area (Å²) in [6, 6.07) is 1.75. The average molecular weight is 689 g/mol. The Bertz CT molecular complexity index is 1470. The van der Waals surface area contributed by atoms with Gasteiger partial charge >= 0.3 is 181 Å². The second-order valence-electron chi connectivity index (χ2n) is 13.6. The molecule has 3 heterocycles. The van der Waals surface area contributed by atoms with E-state index in [-0.39, 0.29) is 24.3 Å². The van der Waals surface area contributed by atoms with Gasteiger partial charge in [-0.1, -0.05) is 41.5 Å². The van der Waals surface area contributed by atoms with Crippen molar-refractivity contribution in [2.45, 2.75) is 98.7 Å². The van der Waals surface area contributed by atoms with Crippen LogP contribution in [0, 0.1) is 5.82 Å². The Labute approximate surface area is 237 Å². The molecule has 0 bridgehead atoms. The minimum absolute atomic E-state index is 0.0310. The van der Waals surface area contributed by atoms with Crippen molar-refractivity contribution in [2.24, 2.45) is 0 Å². The number of ether oxygens (including phenoxy) is 1. The molecule has 1 aromatic carbocycles. The van der Waals surface area contributed by atoms with Gasteiger partial charge in [0.15, 0.2) is 0 Å². The first-order valence-corrected chi connectivity index (χ1v) is 24.8. The first-order chi connectivity index (χ1) is 18.2. The summed E-state index contributed by atoms with van der Waals surface area (Å²) >= 11 is -2.90. The number of aliphatic hydroxyl groups is 1. The van der Waals surface area contributed by atoms with E-state index in [0.717, 1.165) is 0 Å². The van der Waals surface area contributed by atoms with E-state index in [2.05, 4.69) is 4.98 Å². The van der Waals surface area contributed by atoms with Crippen LogP contribution in [0.15, 0.2) is 21.9 Å². The van der Waals surface area contributed by atoms with Crippen LogP contribution in [0.25, 0.3) is 0 Å². The van der Waals surface area contributed by atoms with Gasteiger partial charge in [-0.2, -0.15) is 0 Å². The number of phosphoric ester groups is 1. The zero-order chi connectivity index (χ0) is 30.0. The first kappa shape index (κ1) is 31.4. The minimum atomic E-state index is -4.28. The van der Waals surface area contributed by atoms with Gasteiger partial charge in [0.2, 0.25) is 0 Å². The fourth-order valence-electron chi connectivity index (χ4n) is 4.91. The van der Waals surface area contributed by atoms with E-state index in [1.165, 1.54) is 10.8 Å². The number of aromatic amines is 1. The van der Waals surface area contributed by atoms with Gasteiger partial charge in [-0.05, 0) is 11.0 Å². The molecule has 4 atom stereocenters. The summed E-state index contributed by atoms with van der Waals surface area (Å²) in [7, 11) is -4.28. The molecule has 2 N–H and O–H groups in total. The number of benzene rings is 1. The molecule has 0 spiro atoms. The van der Waals surface area contributed by atoms with Gasteiger partial charge in [0.25, 0.3) is 0 Å². The Morgan fingerprint density at radius 1 is 1.15 bits per heavy atom. The monoisotopic (exact) mass is 690 g/mol. The number of fused-ring (bicyclic) bond motifs is 1. The fourth-order valence-corrected chi connectivity index (χ4v) is 9.97. The number of aromatic nitrogens is 2. The van der Waals surface area contributed by atoms with Crippen molar-refractivity contribution in [1.82, 2.24) is 9.55 Å². The molecule has 4 rings (SSSR count). The van der Waals surface area contributed by atoms with Gasteiger partial charge in [-0.15, -0.1) is 0 Å². The number of H-pyrrole nitrogens is 1. The molecule has 0 saturated carbocycles. The Balaban J connectivity index is 1.66. The van der Waals surface area contributed by atoms with Crippen molar-refractivity contribution in [2.75, 3.05) is 6.61 Å². The van der Waals surface area contributed by atoms with E-state index >= 15 is 4.39 Å². The molecular weight excluding hydrogens is 649 g/mol. The van der Waals surface area contributed by atoms with Crippen LogP contribution in [0.4, 0.5) is 4.39 Å². The molecule has 10 nitrogen and oxygen atoms in total. The van der Waals surface area contributed by atoms with Crippen LogP contribution < -0.4 is 19.4 Å². The van der Waals surface area contributed by atoms with Gasteiger partial charge in [-0.25, -0.2) is 4.39 Å². The topological polar surface area (TPSA) is 129 Å². The quantitative estimate of drug-likeness (QED) is 0.354. The summed E-state index contributed by atoms with van der Waals surface area (Å²) in [4.78, 5) is 33.6. The average Bonchev–Trinajstić information content (AvgIpc) is 3.18. The number of aliphatic hydroxyl groups excluding tert-OH is 1. The summed E-state index contributed by atoms with van der Waals surface area (Å²) in [5.41, 5.74) is -0.684. The molecule has 2 aromatic rings. The third kappa shape index (κ3) is 6.15. The number of nitrogens with one attached hydrogen (secondary N) is 1. The predicted octanol–water partition coefficient (Wildman–Crippen LogP) is 4.20. The molecule has 0 radical (unpaired) electrons. The third-order valence-corrected chi connectivity index (χ3v) is 14.2. The number of rotatable bonds is 5. The van der Waals surface area contributed by atoms with Crippen LogP contribution in [-0.2, 0) is 35.8 Å². The van der Waals surface area contributed by atoms with Gasteiger partial charge in [0, 0.05) is 0 Å². The van der Waals surface area contributed by atoms with E-state index in [1.54, 1.807) is 6.07 Å². The van der Waals surface area contributed by atoms with Gasteiger partial charge in [0.1, 0.15) is 0 Å². The Morgan fingerprint density at radius 3 is 2.33 bits per heavy atom. The number of halogens is 1. The van der Waals surface area contributed by atoms with Gasteiger partial charge in [-0.3, -0.25) is 0 Å². The molecule has 222 valence electrons. The van der Waals surface area contributed by atoms with Crippen LogP contribution in [0.3, 0.4) is 0 Å². The van der Waals surface area contributed by atoms with Crippen molar-refractivity contribution in [1.29, 1.82) is 0 Å². The summed E-state index contributed by atoms with van der Waals surface area (Å²) < 4.78 is 54.4. The molecule has 0 aliphatic carbocycles. The van der Waals surface area contributed by atoms with Crippen LogP contribution >= 0.6 is 7.82 Å². The van der Waals surface area contributed by atoms with Crippen molar-refractivity contribution in [3.63, 3.8) is 0 Å². The normalized spacial score (nSPS) is 25.5. The van der Waals surface area contributed by atoms with Gasteiger partial charge in [0.05, 0.1) is 0 Å². The van der Waals surface area contributed by atoms with E-state index < -0.39 is 79.1 Å². The Hall–Kier alpha value is -1.50. The standard InChI is InChI=1S/C24H31FN2O8P.3CH3.Sn/c1-23(2,3)14-9-15(24(4,5)6)21-13(20(14)25)12-32-36(31,35-21)34-16-10-19(33-17(16)11-28)27-8-7-18(29)26-22(27)30;;;;/h8-9,16-17,19,28H,10-12H2,1-6H3,(H,26,29,30);3*1H3;/t16-,17+,19+,36?;;;;/m0..../s1. The van der Waals surface area contributed by atoms with Crippen molar-refractivity contribution in [3.05, 3.63) is 55.6 Å². The second kappa shape index (κ2) is 10.6. The summed E-state index contributed by atoms with van der Waals surface area (Å²) in [6.45, 7) is 10.8. The Morgan fingerprint density at radius 2 is 1.77 bits per heavy atom. The molecule has 1 fully saturated rings. The zero-order valence-corrected chi connectivity index (χ0v) is 28.3. The van der Waals surface area contributed by atoms with Crippen molar-refractivity contribution < 1.29 is 32.4 Å². The molecule has 1 saturated heterocycles. The van der Waals surface area contributed by atoms with Crippen molar-refractivity contribution >= 4 is 29.8 Å². The summed E-state index contributed by atoms with van der Waals surface area (Å²) in [5.74, 6) is -0.348. The second-order valence-corrected chi connectivity index (χ2v) is 29.5. The number of hydrogen-bond donors (Lipinski definition) is 2. The van der Waals surface area contributed by atoms with E-state index in [0.29, 0.717) is 14.7 Å². The number of nitrogens with zero attached hydrogens (tertiary/aromatic N) is 1. The summed E-state index contributed by atoms with van der Waals surface area (Å²) in [5, 5.41) is 10.0. The molecule has 2 aliphatic heterocycles. The molecule has 13 heteroatoms. The van der Waals surface area contributed by atoms with Gasteiger partial charge < -0.3 is 0 Å². The van der Waals surface area contributed by atoms with Crippen LogP contribution in [-0.4, -0.2) is 51.8 Å². The predicted molar refractivity (Wildman–Crippen MR) is 152 cm³/mol. The fraction of sp³-hybridized carbons (Fsp3) is 0.630. The number of hydrogen-bond acceptors (Lipinski definition) is 8. The molecular formula is C27H40FN2O8PSn. The zero-order valence-electron chi connectivity index (χ0n) is 24.6. The summed E-state index contributed by atoms with van der Waals surface area (Å²) in [6.07, 6.45) is -1.26. The van der Waals surface area contributed by atoms with Crippen LogP contribution in [0.2, 0.25) is 14.8 Å². The molecule has 0 amide bonds. The molecule has 40 heavy (non-hydrogen) atoms. The molecule has 1 unspecified atom stereocenters. The maximum atomic E-state index is 15.6. The van der Waals surface area contributed by atoms with E-state index in [4.69, 9.17) is 18.3 Å². The maximum absolute atomic E-state index is 15.6. The van der Waals surface area contributed by atoms with Crippen LogP contribution in [0.5, 0.6) is 5.75 Å². The third-order valence-electron chi connectivity index (χ3n) is 7.21. The first-order valence-electron chi connectivity index (χ1n) is 13.4. The van der Waals surface area contributed by atoms with E-state index in [1.807, 2.05) is 56.4 Å². The number of phosphoric acid groups is 1. The molecule has 2 aliphatic rings. The van der Waals surface area contributed by atoms with Crippen molar-refractivity contribution in [3.8, 4) is 5.75 Å². The molecule has 1 aromatic heterocycles. The SMILES string of the molecule is CC(C)(C)c1cc(C(C)(C)C)c2c(c1F)COP(=O)(O[C@H]1C[C@H](n3c[c]([Sn]([CH3])([CH3])[CH3])c(=O)[nH]c3=O)O[C@@H]1CO)O2. The van der Waals surface area contributed by atoms with Crippen LogP contribution in [0.1, 0.15) is 70.9 Å².